The molecule has 3 unspecified atom stereocenters. The molecule has 2 fully saturated rings. The summed E-state index contributed by atoms with van der Waals surface area (Å²) in [6.45, 7) is 4.15. The minimum atomic E-state index is -0.753. The van der Waals surface area contributed by atoms with Gasteiger partial charge >= 0.3 is 0 Å². The summed E-state index contributed by atoms with van der Waals surface area (Å²) < 4.78 is 0. The predicted octanol–water partition coefficient (Wildman–Crippen LogP) is 2.16. The van der Waals surface area contributed by atoms with Crippen LogP contribution in [-0.4, -0.2) is 35.7 Å². The lowest BCUT2D eigenvalue weighted by molar-refractivity contribution is -0.0651. The van der Waals surface area contributed by atoms with Crippen molar-refractivity contribution in [2.24, 2.45) is 11.3 Å². The van der Waals surface area contributed by atoms with Gasteiger partial charge in [-0.05, 0) is 58.0 Å². The van der Waals surface area contributed by atoms with Crippen LogP contribution in [0, 0.1) is 22.7 Å². The molecule has 1 N–H and O–H groups in total. The van der Waals surface area contributed by atoms with Crippen molar-refractivity contribution < 1.29 is 5.11 Å². The highest BCUT2D eigenvalue weighted by Gasteiger charge is 2.53. The third-order valence-corrected chi connectivity index (χ3v) is 4.90. The van der Waals surface area contributed by atoms with Gasteiger partial charge < -0.3 is 10.0 Å². The van der Waals surface area contributed by atoms with E-state index >= 15 is 0 Å². The molecule has 17 heavy (non-hydrogen) atoms. The molecule has 0 aromatic heterocycles. The van der Waals surface area contributed by atoms with Crippen molar-refractivity contribution in [1.29, 1.82) is 5.26 Å². The van der Waals surface area contributed by atoms with E-state index in [0.717, 1.165) is 51.6 Å². The summed E-state index contributed by atoms with van der Waals surface area (Å²) in [4.78, 5) is 2.27. The molecule has 2 rings (SSSR count). The summed E-state index contributed by atoms with van der Waals surface area (Å²) in [6, 6.07) is 2.49. The Morgan fingerprint density at radius 2 is 2.06 bits per heavy atom. The Hall–Kier alpha value is -0.590. The SMILES string of the molecule is CC1CCC(C#N)(C2(O)CCCN(C)CC2)C1. The van der Waals surface area contributed by atoms with E-state index in [0.29, 0.717) is 5.92 Å². The molecule has 1 saturated heterocycles. The molecule has 96 valence electrons. The molecular formula is C14H24N2O. The molecule has 1 aliphatic carbocycles. The van der Waals surface area contributed by atoms with E-state index in [1.807, 2.05) is 0 Å². The second kappa shape index (κ2) is 4.59. The number of nitriles is 1. The largest absolute Gasteiger partial charge is 0.388 e. The Labute approximate surface area is 104 Å². The molecule has 1 saturated carbocycles. The topological polar surface area (TPSA) is 47.3 Å². The molecule has 0 aromatic carbocycles. The lowest BCUT2D eigenvalue weighted by Crippen LogP contribution is -2.46. The van der Waals surface area contributed by atoms with Crippen molar-refractivity contribution in [3.05, 3.63) is 0 Å². The third-order valence-electron chi connectivity index (χ3n) is 4.90. The normalized spacial score (nSPS) is 44.2. The molecule has 3 nitrogen and oxygen atoms in total. The van der Waals surface area contributed by atoms with Crippen LogP contribution < -0.4 is 0 Å². The first kappa shape index (κ1) is 12.9. The van der Waals surface area contributed by atoms with Gasteiger partial charge in [0.05, 0.1) is 17.1 Å². The summed E-state index contributed by atoms with van der Waals surface area (Å²) in [5, 5.41) is 20.6. The van der Waals surface area contributed by atoms with Crippen LogP contribution in [0.2, 0.25) is 0 Å². The fourth-order valence-corrected chi connectivity index (χ4v) is 3.65. The lowest BCUT2D eigenvalue weighted by atomic mass is 9.67. The molecule has 0 spiro atoms. The van der Waals surface area contributed by atoms with Gasteiger partial charge in [0.15, 0.2) is 0 Å². The van der Waals surface area contributed by atoms with Gasteiger partial charge in [0.25, 0.3) is 0 Å². The Morgan fingerprint density at radius 1 is 1.29 bits per heavy atom. The molecule has 0 bridgehead atoms. The van der Waals surface area contributed by atoms with E-state index in [4.69, 9.17) is 0 Å². The van der Waals surface area contributed by atoms with E-state index in [9.17, 15) is 10.4 Å². The van der Waals surface area contributed by atoms with Gasteiger partial charge in [0.1, 0.15) is 0 Å². The zero-order valence-electron chi connectivity index (χ0n) is 11.1. The number of likely N-dealkylation sites (tertiary alicyclic amines) is 1. The first-order chi connectivity index (χ1) is 8.01. The standard InChI is InChI=1S/C14H24N2O/c1-12-4-6-13(10-12,11-15)14(17)5-3-8-16(2)9-7-14/h12,17H,3-10H2,1-2H3. The van der Waals surface area contributed by atoms with Crippen molar-refractivity contribution in [1.82, 2.24) is 4.90 Å². The van der Waals surface area contributed by atoms with Crippen LogP contribution in [-0.2, 0) is 0 Å². The van der Waals surface area contributed by atoms with Crippen molar-refractivity contribution in [2.45, 2.75) is 51.0 Å². The van der Waals surface area contributed by atoms with E-state index in [1.54, 1.807) is 0 Å². The van der Waals surface area contributed by atoms with Gasteiger partial charge in [-0.15, -0.1) is 0 Å². The smallest absolute Gasteiger partial charge is 0.0863 e. The van der Waals surface area contributed by atoms with Crippen LogP contribution in [0.1, 0.15) is 45.4 Å². The Balaban J connectivity index is 2.21. The van der Waals surface area contributed by atoms with Crippen molar-refractivity contribution >= 4 is 0 Å². The molecule has 2 aliphatic rings. The minimum Gasteiger partial charge on any atom is -0.388 e. The van der Waals surface area contributed by atoms with Crippen LogP contribution in [0.3, 0.4) is 0 Å². The van der Waals surface area contributed by atoms with Gasteiger partial charge in [-0.25, -0.2) is 0 Å². The Bertz CT molecular complexity index is 325. The average molecular weight is 236 g/mol. The molecule has 3 heteroatoms. The summed E-state index contributed by atoms with van der Waals surface area (Å²) in [5.74, 6) is 0.583. The van der Waals surface area contributed by atoms with Gasteiger partial charge in [-0.3, -0.25) is 0 Å². The van der Waals surface area contributed by atoms with Gasteiger partial charge in [0, 0.05) is 6.54 Å². The van der Waals surface area contributed by atoms with Crippen molar-refractivity contribution in [3.63, 3.8) is 0 Å². The van der Waals surface area contributed by atoms with Crippen LogP contribution >= 0.6 is 0 Å². The van der Waals surface area contributed by atoms with Crippen molar-refractivity contribution in [2.75, 3.05) is 20.1 Å². The monoisotopic (exact) mass is 236 g/mol. The van der Waals surface area contributed by atoms with Crippen LogP contribution in [0.5, 0.6) is 0 Å². The fraction of sp³-hybridized carbons (Fsp3) is 0.929. The first-order valence-corrected chi connectivity index (χ1v) is 6.83. The molecule has 1 heterocycles. The van der Waals surface area contributed by atoms with Crippen LogP contribution in [0.4, 0.5) is 0 Å². The number of nitrogens with zero attached hydrogens (tertiary/aromatic N) is 2. The Morgan fingerprint density at radius 3 is 2.65 bits per heavy atom. The van der Waals surface area contributed by atoms with Crippen LogP contribution in [0.15, 0.2) is 0 Å². The highest BCUT2D eigenvalue weighted by atomic mass is 16.3. The zero-order valence-corrected chi connectivity index (χ0v) is 11.1. The van der Waals surface area contributed by atoms with Gasteiger partial charge in [-0.1, -0.05) is 6.92 Å². The third kappa shape index (κ3) is 2.21. The minimum absolute atomic E-state index is 0.475. The zero-order chi connectivity index (χ0) is 12.5. The molecule has 0 radical (unpaired) electrons. The molecule has 0 aromatic rings. The second-order valence-corrected chi connectivity index (χ2v) is 6.23. The number of rotatable bonds is 1. The molecular weight excluding hydrogens is 212 g/mol. The molecule has 1 aliphatic heterocycles. The summed E-state index contributed by atoms with van der Waals surface area (Å²) in [7, 11) is 2.10. The lowest BCUT2D eigenvalue weighted by Gasteiger charge is -2.40. The van der Waals surface area contributed by atoms with Gasteiger partial charge in [0.2, 0.25) is 0 Å². The quantitative estimate of drug-likeness (QED) is 0.759. The van der Waals surface area contributed by atoms with Gasteiger partial charge in [-0.2, -0.15) is 5.26 Å². The highest BCUT2D eigenvalue weighted by Crippen LogP contribution is 2.52. The first-order valence-electron chi connectivity index (χ1n) is 6.83. The van der Waals surface area contributed by atoms with Crippen LogP contribution in [0.25, 0.3) is 0 Å². The molecule has 3 atom stereocenters. The maximum atomic E-state index is 11.0. The molecule has 0 amide bonds. The predicted molar refractivity (Wildman–Crippen MR) is 67.4 cm³/mol. The van der Waals surface area contributed by atoms with E-state index < -0.39 is 11.0 Å². The summed E-state index contributed by atoms with van der Waals surface area (Å²) >= 11 is 0. The summed E-state index contributed by atoms with van der Waals surface area (Å²) in [5.41, 5.74) is -1.23. The fourth-order valence-electron chi connectivity index (χ4n) is 3.65. The van der Waals surface area contributed by atoms with E-state index in [1.165, 1.54) is 0 Å². The van der Waals surface area contributed by atoms with E-state index in [-0.39, 0.29) is 0 Å². The number of hydrogen-bond acceptors (Lipinski definition) is 3. The maximum Gasteiger partial charge on any atom is 0.0863 e. The second-order valence-electron chi connectivity index (χ2n) is 6.23. The maximum absolute atomic E-state index is 11.0. The number of aliphatic hydroxyl groups is 1. The van der Waals surface area contributed by atoms with E-state index in [2.05, 4.69) is 24.9 Å². The number of hydrogen-bond donors (Lipinski definition) is 1. The summed E-state index contributed by atoms with van der Waals surface area (Å²) in [6.07, 6.45) is 5.40. The average Bonchev–Trinajstić information content (AvgIpc) is 2.61. The Kier molecular flexibility index (Phi) is 3.47. The van der Waals surface area contributed by atoms with Crippen molar-refractivity contribution in [3.8, 4) is 6.07 Å². The highest BCUT2D eigenvalue weighted by molar-refractivity contribution is 5.15.